The van der Waals surface area contributed by atoms with Crippen molar-refractivity contribution in [1.82, 2.24) is 20.4 Å². The molecule has 0 radical (unpaired) electrons. The highest BCUT2D eigenvalue weighted by Gasteiger charge is 2.35. The highest BCUT2D eigenvalue weighted by Crippen LogP contribution is 2.36. The Morgan fingerprint density at radius 2 is 1.83 bits per heavy atom. The number of rotatable bonds is 5. The number of aliphatic hydroxyl groups is 1. The van der Waals surface area contributed by atoms with Gasteiger partial charge in [0.1, 0.15) is 11.4 Å². The number of pyridine rings is 1. The average Bonchev–Trinajstić information content (AvgIpc) is 3.63. The maximum absolute atomic E-state index is 12.6. The summed E-state index contributed by atoms with van der Waals surface area (Å²) in [6.45, 7) is 4.93. The minimum atomic E-state index is -4.50. The van der Waals surface area contributed by atoms with Gasteiger partial charge in [-0.05, 0) is 76.6 Å². The van der Waals surface area contributed by atoms with E-state index in [1.807, 2.05) is 26.0 Å². The molecule has 226 valence electrons. The van der Waals surface area contributed by atoms with Gasteiger partial charge < -0.3 is 25.6 Å². The topological polar surface area (TPSA) is 135 Å². The van der Waals surface area contributed by atoms with Crippen LogP contribution in [0.25, 0.3) is 11.1 Å². The summed E-state index contributed by atoms with van der Waals surface area (Å²) < 4.78 is 42.9. The molecule has 0 unspecified atom stereocenters. The first kappa shape index (κ1) is 31.2. The Balaban J connectivity index is 0.000000193. The molecular weight excluding hydrogens is 551 g/mol. The van der Waals surface area contributed by atoms with Gasteiger partial charge in [-0.1, -0.05) is 17.3 Å². The zero-order valence-corrected chi connectivity index (χ0v) is 23.7. The van der Waals surface area contributed by atoms with Crippen LogP contribution in [0, 0.1) is 13.8 Å². The van der Waals surface area contributed by atoms with Crippen LogP contribution in [0.1, 0.15) is 71.6 Å². The summed E-state index contributed by atoms with van der Waals surface area (Å²) >= 11 is 0. The zero-order valence-electron chi connectivity index (χ0n) is 23.7. The second kappa shape index (κ2) is 13.0. The Hall–Kier alpha value is -3.77. The SMILES string of the molecule is Cc1noc(C)c1-c1ccc(C2(O)CCC(N)CC2)nc1.O=C(NCC(=O)N1CCCC1)c1cccc(C(F)(F)F)c1. The lowest BCUT2D eigenvalue weighted by Gasteiger charge is -2.34. The van der Waals surface area contributed by atoms with Crippen LogP contribution in [0.4, 0.5) is 13.2 Å². The van der Waals surface area contributed by atoms with E-state index < -0.39 is 23.2 Å². The summed E-state index contributed by atoms with van der Waals surface area (Å²) in [4.78, 5) is 29.6. The molecule has 1 saturated carbocycles. The summed E-state index contributed by atoms with van der Waals surface area (Å²) in [5, 5.41) is 17.1. The third-order valence-corrected chi connectivity index (χ3v) is 7.73. The second-order valence-electron chi connectivity index (χ2n) is 10.8. The molecule has 9 nitrogen and oxygen atoms in total. The molecule has 2 fully saturated rings. The van der Waals surface area contributed by atoms with E-state index in [9.17, 15) is 27.9 Å². The minimum Gasteiger partial charge on any atom is -0.384 e. The molecule has 12 heteroatoms. The van der Waals surface area contributed by atoms with Crippen LogP contribution < -0.4 is 11.1 Å². The molecule has 2 aromatic heterocycles. The van der Waals surface area contributed by atoms with Crippen LogP contribution >= 0.6 is 0 Å². The summed E-state index contributed by atoms with van der Waals surface area (Å²) in [6, 6.07) is 8.19. The van der Waals surface area contributed by atoms with E-state index in [1.54, 1.807) is 11.1 Å². The molecule has 42 heavy (non-hydrogen) atoms. The number of amides is 2. The number of hydrogen-bond donors (Lipinski definition) is 3. The molecule has 2 amide bonds. The Kier molecular flexibility index (Phi) is 9.67. The zero-order chi connectivity index (χ0) is 30.5. The first-order valence-electron chi connectivity index (χ1n) is 14.0. The highest BCUT2D eigenvalue weighted by atomic mass is 19.4. The van der Waals surface area contributed by atoms with E-state index in [2.05, 4.69) is 15.5 Å². The Bertz CT molecular complexity index is 1360. The number of benzene rings is 1. The molecule has 0 bridgehead atoms. The van der Waals surface area contributed by atoms with Crippen LogP contribution in [-0.4, -0.2) is 57.6 Å². The van der Waals surface area contributed by atoms with Gasteiger partial charge in [0.2, 0.25) is 5.91 Å². The van der Waals surface area contributed by atoms with Crippen molar-refractivity contribution in [2.75, 3.05) is 19.6 Å². The van der Waals surface area contributed by atoms with Gasteiger partial charge in [0.25, 0.3) is 5.91 Å². The normalized spacial score (nSPS) is 20.5. The number of alkyl halides is 3. The molecule has 0 atom stereocenters. The van der Waals surface area contributed by atoms with Gasteiger partial charge in [-0.25, -0.2) is 0 Å². The van der Waals surface area contributed by atoms with E-state index in [0.29, 0.717) is 25.9 Å². The fourth-order valence-electron chi connectivity index (χ4n) is 5.26. The largest absolute Gasteiger partial charge is 0.416 e. The number of carbonyl (C=O) groups excluding carboxylic acids is 2. The molecule has 1 aromatic carbocycles. The van der Waals surface area contributed by atoms with Crippen molar-refractivity contribution in [3.63, 3.8) is 0 Å². The molecule has 4 N–H and O–H groups in total. The molecule has 1 saturated heterocycles. The summed E-state index contributed by atoms with van der Waals surface area (Å²) in [7, 11) is 0. The first-order valence-corrected chi connectivity index (χ1v) is 14.0. The molecule has 5 rings (SSSR count). The summed E-state index contributed by atoms with van der Waals surface area (Å²) in [5.74, 6) is -0.120. The van der Waals surface area contributed by atoms with Crippen LogP contribution in [0.5, 0.6) is 0 Å². The Morgan fingerprint density at radius 3 is 2.40 bits per heavy atom. The fraction of sp³-hybridized carbons (Fsp3) is 0.467. The van der Waals surface area contributed by atoms with Crippen LogP contribution in [-0.2, 0) is 16.6 Å². The number of halogens is 3. The van der Waals surface area contributed by atoms with Gasteiger partial charge >= 0.3 is 6.18 Å². The lowest BCUT2D eigenvalue weighted by Crippen LogP contribution is -2.38. The number of aromatic nitrogens is 2. The Morgan fingerprint density at radius 1 is 1.14 bits per heavy atom. The predicted octanol–water partition coefficient (Wildman–Crippen LogP) is 4.50. The molecule has 1 aliphatic carbocycles. The summed E-state index contributed by atoms with van der Waals surface area (Å²) in [5.41, 5.74) is 7.59. The maximum Gasteiger partial charge on any atom is 0.416 e. The number of nitrogens with zero attached hydrogens (tertiary/aromatic N) is 3. The van der Waals surface area contributed by atoms with E-state index >= 15 is 0 Å². The fourth-order valence-corrected chi connectivity index (χ4v) is 5.26. The molecule has 3 aromatic rings. The standard InChI is InChI=1S/C16H21N3O2.C14H15F3N2O2/c1-10-15(11(2)21-19-10)12-3-4-14(18-9-12)16(20)7-5-13(17)6-8-16;15-14(16,17)11-5-3-4-10(8-11)13(21)18-9-12(20)19-6-1-2-7-19/h3-4,9,13,20H,5-8,17H2,1-2H3;3-5,8H,1-2,6-7,9H2,(H,18,21). The number of nitrogens with two attached hydrogens (primary N) is 1. The lowest BCUT2D eigenvalue weighted by atomic mass is 9.80. The number of nitrogens with one attached hydrogen (secondary N) is 1. The third kappa shape index (κ3) is 7.54. The number of likely N-dealkylation sites (tertiary alicyclic amines) is 1. The first-order chi connectivity index (χ1) is 19.9. The van der Waals surface area contributed by atoms with Crippen molar-refractivity contribution in [2.24, 2.45) is 5.73 Å². The van der Waals surface area contributed by atoms with Crippen molar-refractivity contribution < 1.29 is 32.4 Å². The Labute approximate surface area is 242 Å². The maximum atomic E-state index is 12.6. The third-order valence-electron chi connectivity index (χ3n) is 7.73. The van der Waals surface area contributed by atoms with Crippen LogP contribution in [0.15, 0.2) is 47.1 Å². The van der Waals surface area contributed by atoms with E-state index in [0.717, 1.165) is 66.1 Å². The second-order valence-corrected chi connectivity index (χ2v) is 10.8. The lowest BCUT2D eigenvalue weighted by molar-refractivity contribution is -0.137. The van der Waals surface area contributed by atoms with E-state index in [4.69, 9.17) is 10.3 Å². The van der Waals surface area contributed by atoms with Gasteiger partial charge in [0, 0.05) is 42.0 Å². The minimum absolute atomic E-state index is 0.112. The molecule has 3 heterocycles. The van der Waals surface area contributed by atoms with Gasteiger partial charge in [-0.3, -0.25) is 14.6 Å². The van der Waals surface area contributed by atoms with Crippen LogP contribution in [0.3, 0.4) is 0 Å². The molecule has 2 aliphatic rings. The van der Waals surface area contributed by atoms with Crippen molar-refractivity contribution in [3.8, 4) is 11.1 Å². The molecule has 1 aliphatic heterocycles. The van der Waals surface area contributed by atoms with Gasteiger partial charge in [0.05, 0.1) is 23.5 Å². The van der Waals surface area contributed by atoms with Gasteiger partial charge in [-0.15, -0.1) is 0 Å². The van der Waals surface area contributed by atoms with Crippen molar-refractivity contribution in [3.05, 3.63) is 70.9 Å². The van der Waals surface area contributed by atoms with Crippen LogP contribution in [0.2, 0.25) is 0 Å². The number of carbonyl (C=O) groups is 2. The van der Waals surface area contributed by atoms with Crippen molar-refractivity contribution in [1.29, 1.82) is 0 Å². The number of aryl methyl sites for hydroxylation is 2. The highest BCUT2D eigenvalue weighted by molar-refractivity contribution is 5.96. The molecular formula is C30H36F3N5O4. The number of hydrogen-bond acceptors (Lipinski definition) is 7. The quantitative estimate of drug-likeness (QED) is 0.400. The summed E-state index contributed by atoms with van der Waals surface area (Å²) in [6.07, 6.45) is 2.18. The van der Waals surface area contributed by atoms with Gasteiger partial charge in [-0.2, -0.15) is 13.2 Å². The van der Waals surface area contributed by atoms with Crippen molar-refractivity contribution in [2.45, 2.75) is 70.2 Å². The van der Waals surface area contributed by atoms with E-state index in [1.165, 1.54) is 12.1 Å². The monoisotopic (exact) mass is 587 g/mol. The predicted molar refractivity (Wildman–Crippen MR) is 149 cm³/mol. The van der Waals surface area contributed by atoms with E-state index in [-0.39, 0.29) is 24.1 Å². The smallest absolute Gasteiger partial charge is 0.384 e. The average molecular weight is 588 g/mol. The van der Waals surface area contributed by atoms with Crippen molar-refractivity contribution >= 4 is 11.8 Å². The van der Waals surface area contributed by atoms with Gasteiger partial charge in [0.15, 0.2) is 0 Å². The molecule has 0 spiro atoms.